The number of nitrogens with one attached hydrogen (secondary N) is 1. The van der Waals surface area contributed by atoms with E-state index in [2.05, 4.69) is 5.32 Å². The van der Waals surface area contributed by atoms with Gasteiger partial charge in [-0.05, 0) is 36.4 Å². The van der Waals surface area contributed by atoms with E-state index >= 15 is 0 Å². The molecule has 0 bridgehead atoms. The molecule has 0 saturated heterocycles. The van der Waals surface area contributed by atoms with Crippen LogP contribution in [0.5, 0.6) is 0 Å². The quantitative estimate of drug-likeness (QED) is 0.213. The average molecular weight is 416 g/mol. The summed E-state index contributed by atoms with van der Waals surface area (Å²) in [6.45, 7) is 0. The molecule has 0 aliphatic carbocycles. The third-order valence-corrected chi connectivity index (χ3v) is 3.84. The molecule has 2 rings (SSSR count). The fraction of sp³-hybridized carbons (Fsp3) is 0.111. The number of anilines is 1. The Balaban J connectivity index is 2.25. The number of aliphatic hydroxyl groups excluding tert-OH is 1. The number of thiocarbonyl (C=S) groups is 1. The number of alkyl halides is 6. The van der Waals surface area contributed by atoms with Gasteiger partial charge in [-0.15, -0.1) is 0 Å². The Hall–Kier alpha value is -3.06. The number of benzene rings is 2. The van der Waals surface area contributed by atoms with Crippen LogP contribution in [0.2, 0.25) is 0 Å². The molecule has 0 radical (unpaired) electrons. The van der Waals surface area contributed by atoms with E-state index in [9.17, 15) is 36.7 Å². The van der Waals surface area contributed by atoms with Gasteiger partial charge in [0, 0.05) is 11.3 Å². The lowest BCUT2D eigenvalue weighted by Crippen LogP contribution is -2.13. The standard InChI is InChI=1S/C18H10F6N2OS/c19-17(20,21)11-3-1-10(2-4-11)15(27)14(9-25)16(28)26-13-7-5-12(6-8-13)18(22,23)24/h1-8,27H,(H,26,28)/b15-14-. The first-order valence-corrected chi connectivity index (χ1v) is 7.84. The number of nitriles is 1. The maximum Gasteiger partial charge on any atom is 0.416 e. The normalized spacial score (nSPS) is 12.8. The summed E-state index contributed by atoms with van der Waals surface area (Å²) in [6, 6.07) is 8.79. The van der Waals surface area contributed by atoms with E-state index in [1.54, 1.807) is 6.07 Å². The van der Waals surface area contributed by atoms with Crippen molar-refractivity contribution in [1.82, 2.24) is 0 Å². The van der Waals surface area contributed by atoms with Crippen molar-refractivity contribution in [3.8, 4) is 6.07 Å². The molecule has 0 atom stereocenters. The van der Waals surface area contributed by atoms with Crippen LogP contribution in [-0.4, -0.2) is 10.1 Å². The van der Waals surface area contributed by atoms with Crippen LogP contribution in [0, 0.1) is 11.3 Å². The Labute approximate surface area is 160 Å². The van der Waals surface area contributed by atoms with Gasteiger partial charge in [0.25, 0.3) is 0 Å². The van der Waals surface area contributed by atoms with Gasteiger partial charge in [0.05, 0.1) is 11.1 Å². The van der Waals surface area contributed by atoms with Crippen LogP contribution in [0.1, 0.15) is 16.7 Å². The molecule has 0 spiro atoms. The summed E-state index contributed by atoms with van der Waals surface area (Å²) < 4.78 is 75.5. The lowest BCUT2D eigenvalue weighted by molar-refractivity contribution is -0.138. The highest BCUT2D eigenvalue weighted by atomic mass is 32.1. The number of nitrogens with zero attached hydrogens (tertiary/aromatic N) is 1. The molecule has 146 valence electrons. The summed E-state index contributed by atoms with van der Waals surface area (Å²) in [5, 5.41) is 21.9. The summed E-state index contributed by atoms with van der Waals surface area (Å²) in [6.07, 6.45) is -9.08. The Bertz CT molecular complexity index is 939. The Morgan fingerprint density at radius 3 is 1.68 bits per heavy atom. The van der Waals surface area contributed by atoms with Crippen molar-refractivity contribution in [2.24, 2.45) is 0 Å². The first-order chi connectivity index (χ1) is 12.9. The second kappa shape index (κ2) is 7.90. The zero-order valence-corrected chi connectivity index (χ0v) is 14.5. The van der Waals surface area contributed by atoms with Gasteiger partial charge in [-0.3, -0.25) is 0 Å². The van der Waals surface area contributed by atoms with E-state index in [-0.39, 0.29) is 16.2 Å². The fourth-order valence-electron chi connectivity index (χ4n) is 2.11. The van der Waals surface area contributed by atoms with Crippen molar-refractivity contribution in [2.45, 2.75) is 12.4 Å². The molecule has 0 aliphatic rings. The van der Waals surface area contributed by atoms with Crippen molar-refractivity contribution in [1.29, 1.82) is 5.26 Å². The molecule has 0 aromatic heterocycles. The highest BCUT2D eigenvalue weighted by molar-refractivity contribution is 7.81. The number of halogens is 6. The largest absolute Gasteiger partial charge is 0.506 e. The van der Waals surface area contributed by atoms with Crippen LogP contribution in [0.25, 0.3) is 5.76 Å². The minimum Gasteiger partial charge on any atom is -0.506 e. The summed E-state index contributed by atoms with van der Waals surface area (Å²) in [4.78, 5) is -0.306. The summed E-state index contributed by atoms with van der Waals surface area (Å²) in [5.41, 5.74) is -2.22. The van der Waals surface area contributed by atoms with E-state index < -0.39 is 34.8 Å². The van der Waals surface area contributed by atoms with E-state index in [0.717, 1.165) is 48.5 Å². The second-order valence-electron chi connectivity index (χ2n) is 5.44. The SMILES string of the molecule is N#C/C(C(=S)Nc1ccc(C(F)(F)F)cc1)=C(/O)c1ccc(C(F)(F)F)cc1. The minimum atomic E-state index is -4.56. The van der Waals surface area contributed by atoms with Crippen LogP contribution in [-0.2, 0) is 12.4 Å². The van der Waals surface area contributed by atoms with Gasteiger partial charge >= 0.3 is 12.4 Å². The zero-order valence-electron chi connectivity index (χ0n) is 13.7. The predicted octanol–water partition coefficient (Wildman–Crippen LogP) is 5.96. The van der Waals surface area contributed by atoms with Crippen molar-refractivity contribution >= 4 is 28.7 Å². The van der Waals surface area contributed by atoms with E-state index in [0.29, 0.717) is 0 Å². The summed E-state index contributed by atoms with van der Waals surface area (Å²) in [5.74, 6) is -0.666. The van der Waals surface area contributed by atoms with Crippen molar-refractivity contribution in [2.75, 3.05) is 5.32 Å². The van der Waals surface area contributed by atoms with Crippen molar-refractivity contribution < 1.29 is 31.4 Å². The monoisotopic (exact) mass is 416 g/mol. The smallest absolute Gasteiger partial charge is 0.416 e. The molecule has 2 aromatic rings. The molecule has 0 amide bonds. The van der Waals surface area contributed by atoms with Gasteiger partial charge in [-0.1, -0.05) is 24.4 Å². The Morgan fingerprint density at radius 2 is 1.29 bits per heavy atom. The van der Waals surface area contributed by atoms with Gasteiger partial charge in [-0.2, -0.15) is 31.6 Å². The highest BCUT2D eigenvalue weighted by Gasteiger charge is 2.31. The molecule has 0 fully saturated rings. The van der Waals surface area contributed by atoms with Gasteiger partial charge in [0.1, 0.15) is 22.4 Å². The number of hydrogen-bond donors (Lipinski definition) is 2. The number of rotatable bonds is 3. The number of hydrogen-bond acceptors (Lipinski definition) is 3. The average Bonchev–Trinajstić information content (AvgIpc) is 2.61. The third kappa shape index (κ3) is 5.01. The van der Waals surface area contributed by atoms with Crippen molar-refractivity contribution in [3.05, 3.63) is 70.8 Å². The predicted molar refractivity (Wildman–Crippen MR) is 94.3 cm³/mol. The minimum absolute atomic E-state index is 0.0823. The first-order valence-electron chi connectivity index (χ1n) is 7.43. The fourth-order valence-corrected chi connectivity index (χ4v) is 2.37. The Morgan fingerprint density at radius 1 is 0.857 bits per heavy atom. The van der Waals surface area contributed by atoms with Crippen LogP contribution < -0.4 is 5.32 Å². The third-order valence-electron chi connectivity index (χ3n) is 3.53. The van der Waals surface area contributed by atoms with E-state index in [1.165, 1.54) is 0 Å². The van der Waals surface area contributed by atoms with Gasteiger partial charge in [0.15, 0.2) is 0 Å². The van der Waals surface area contributed by atoms with Crippen LogP contribution in [0.3, 0.4) is 0 Å². The lowest BCUT2D eigenvalue weighted by atomic mass is 10.1. The maximum absolute atomic E-state index is 12.6. The molecule has 10 heteroatoms. The van der Waals surface area contributed by atoms with Crippen LogP contribution in [0.15, 0.2) is 54.1 Å². The molecular formula is C18H10F6N2OS. The van der Waals surface area contributed by atoms with Crippen LogP contribution in [0.4, 0.5) is 32.0 Å². The van der Waals surface area contributed by atoms with Gasteiger partial charge < -0.3 is 10.4 Å². The first kappa shape index (κ1) is 21.2. The molecular weight excluding hydrogens is 406 g/mol. The molecule has 0 heterocycles. The molecule has 2 aromatic carbocycles. The topological polar surface area (TPSA) is 56.0 Å². The van der Waals surface area contributed by atoms with Gasteiger partial charge in [-0.25, -0.2) is 0 Å². The lowest BCUT2D eigenvalue weighted by Gasteiger charge is -2.11. The van der Waals surface area contributed by atoms with E-state index in [4.69, 9.17) is 12.2 Å². The van der Waals surface area contributed by atoms with Crippen LogP contribution >= 0.6 is 12.2 Å². The molecule has 28 heavy (non-hydrogen) atoms. The van der Waals surface area contributed by atoms with Crippen molar-refractivity contribution in [3.63, 3.8) is 0 Å². The molecule has 3 nitrogen and oxygen atoms in total. The molecule has 0 aliphatic heterocycles. The summed E-state index contributed by atoms with van der Waals surface area (Å²) >= 11 is 4.97. The summed E-state index contributed by atoms with van der Waals surface area (Å²) in [7, 11) is 0. The second-order valence-corrected chi connectivity index (χ2v) is 5.85. The van der Waals surface area contributed by atoms with E-state index in [1.807, 2.05) is 0 Å². The maximum atomic E-state index is 12.6. The molecule has 2 N–H and O–H groups in total. The molecule has 0 saturated carbocycles. The Kier molecular flexibility index (Phi) is 5.99. The zero-order chi connectivity index (χ0) is 21.1. The number of aliphatic hydroxyl groups is 1. The van der Waals surface area contributed by atoms with Gasteiger partial charge in [0.2, 0.25) is 0 Å². The molecule has 0 unspecified atom stereocenters. The highest BCUT2D eigenvalue weighted by Crippen LogP contribution is 2.31.